The first kappa shape index (κ1) is 10.5. The van der Waals surface area contributed by atoms with Crippen LogP contribution in [0.4, 0.5) is 0 Å². The lowest BCUT2D eigenvalue weighted by molar-refractivity contribution is 0.718. The lowest BCUT2D eigenvalue weighted by Gasteiger charge is -2.02. The Morgan fingerprint density at radius 2 is 2.13 bits per heavy atom. The normalized spacial score (nSPS) is 10.7. The summed E-state index contributed by atoms with van der Waals surface area (Å²) in [6.45, 7) is 1.78. The van der Waals surface area contributed by atoms with Gasteiger partial charge in [-0.1, -0.05) is 16.8 Å². The van der Waals surface area contributed by atoms with Crippen molar-refractivity contribution in [2.45, 2.75) is 6.92 Å². The van der Waals surface area contributed by atoms with Crippen molar-refractivity contribution in [3.05, 3.63) is 21.6 Å². The molecular weight excluding hydrogens is 281 g/mol. The van der Waals surface area contributed by atoms with Crippen LogP contribution in [0.3, 0.4) is 0 Å². The Kier molecular flexibility index (Phi) is 2.70. The van der Waals surface area contributed by atoms with E-state index in [2.05, 4.69) is 36.2 Å². The van der Waals surface area contributed by atoms with E-state index in [4.69, 9.17) is 11.6 Å². The minimum Gasteiger partial charge on any atom is -0.245 e. The van der Waals surface area contributed by atoms with Gasteiger partial charge >= 0.3 is 0 Å². The molecule has 7 heteroatoms. The van der Waals surface area contributed by atoms with E-state index >= 15 is 0 Å². The van der Waals surface area contributed by atoms with Gasteiger partial charge in [0.15, 0.2) is 4.60 Å². The Hall–Kier alpha value is -1.01. The highest BCUT2D eigenvalue weighted by Gasteiger charge is 2.13. The summed E-state index contributed by atoms with van der Waals surface area (Å²) in [5.74, 6) is 0.616. The number of hydrogen-bond donors (Lipinski definition) is 0. The molecule has 0 unspecified atom stereocenters. The topological polar surface area (TPSA) is 56.5 Å². The molecule has 0 aliphatic heterocycles. The van der Waals surface area contributed by atoms with E-state index < -0.39 is 0 Å². The second-order valence-electron chi connectivity index (χ2n) is 2.98. The van der Waals surface area contributed by atoms with E-state index in [0.29, 0.717) is 21.3 Å². The number of aryl methyl sites for hydroxylation is 2. The van der Waals surface area contributed by atoms with Gasteiger partial charge in [-0.05, 0) is 22.9 Å². The summed E-state index contributed by atoms with van der Waals surface area (Å²) in [6, 6.07) is 1.68. The van der Waals surface area contributed by atoms with Gasteiger partial charge in [-0.3, -0.25) is 0 Å². The number of hydrogen-bond acceptors (Lipinski definition) is 4. The molecule has 0 amide bonds. The van der Waals surface area contributed by atoms with Gasteiger partial charge in [0, 0.05) is 13.1 Å². The highest BCUT2D eigenvalue weighted by atomic mass is 79.9. The molecule has 0 saturated heterocycles. The van der Waals surface area contributed by atoms with Crippen molar-refractivity contribution in [2.24, 2.45) is 7.05 Å². The number of aromatic nitrogens is 5. The third kappa shape index (κ3) is 2.00. The Labute approximate surface area is 99.6 Å². The monoisotopic (exact) mass is 287 g/mol. The second kappa shape index (κ2) is 3.86. The van der Waals surface area contributed by atoms with E-state index in [-0.39, 0.29) is 0 Å². The molecule has 2 heterocycles. The first-order valence-electron chi connectivity index (χ1n) is 4.14. The summed E-state index contributed by atoms with van der Waals surface area (Å²) in [5, 5.41) is 8.15. The average Bonchev–Trinajstić information content (AvgIpc) is 2.44. The summed E-state index contributed by atoms with van der Waals surface area (Å²) >= 11 is 9.16. The maximum atomic E-state index is 5.86. The Morgan fingerprint density at radius 1 is 1.40 bits per heavy atom. The zero-order valence-corrected chi connectivity index (χ0v) is 10.4. The maximum absolute atomic E-state index is 5.86. The van der Waals surface area contributed by atoms with Crippen LogP contribution in [-0.4, -0.2) is 25.0 Å². The highest BCUT2D eigenvalue weighted by molar-refractivity contribution is 9.10. The first-order valence-corrected chi connectivity index (χ1v) is 5.32. The molecule has 0 atom stereocenters. The second-order valence-corrected chi connectivity index (χ2v) is 4.11. The van der Waals surface area contributed by atoms with Crippen molar-refractivity contribution in [1.29, 1.82) is 0 Å². The molecule has 0 saturated carbocycles. The van der Waals surface area contributed by atoms with E-state index in [1.807, 2.05) is 0 Å². The van der Waals surface area contributed by atoms with Crippen LogP contribution in [0.25, 0.3) is 11.4 Å². The molecule has 0 aromatic carbocycles. The average molecular weight is 289 g/mol. The molecule has 2 rings (SSSR count). The minimum absolute atomic E-state index is 0.408. The van der Waals surface area contributed by atoms with Gasteiger partial charge < -0.3 is 0 Å². The predicted octanol–water partition coefficient (Wildman–Crippen LogP) is 2.00. The Morgan fingerprint density at radius 3 is 2.67 bits per heavy atom. The summed E-state index contributed by atoms with van der Waals surface area (Å²) < 4.78 is 2.27. The third-order valence-corrected chi connectivity index (χ3v) is 2.56. The fourth-order valence-corrected chi connectivity index (χ4v) is 2.01. The summed E-state index contributed by atoms with van der Waals surface area (Å²) in [6.07, 6.45) is 0. The van der Waals surface area contributed by atoms with Crippen LogP contribution in [0.1, 0.15) is 5.82 Å². The van der Waals surface area contributed by atoms with Crippen molar-refractivity contribution in [2.75, 3.05) is 0 Å². The zero-order chi connectivity index (χ0) is 11.0. The van der Waals surface area contributed by atoms with Crippen molar-refractivity contribution >= 4 is 27.5 Å². The van der Waals surface area contributed by atoms with Gasteiger partial charge in [-0.25, -0.2) is 14.6 Å². The van der Waals surface area contributed by atoms with Crippen LogP contribution in [0.2, 0.25) is 5.15 Å². The van der Waals surface area contributed by atoms with Gasteiger partial charge in [-0.2, -0.15) is 0 Å². The van der Waals surface area contributed by atoms with Crippen LogP contribution in [-0.2, 0) is 7.05 Å². The fraction of sp³-hybridized carbons (Fsp3) is 0.250. The molecule has 5 nitrogen and oxygen atoms in total. The molecule has 2 aromatic rings. The molecule has 78 valence electrons. The van der Waals surface area contributed by atoms with Crippen LogP contribution < -0.4 is 0 Å². The fourth-order valence-electron chi connectivity index (χ4n) is 1.26. The van der Waals surface area contributed by atoms with Gasteiger partial charge in [0.1, 0.15) is 16.7 Å². The minimum atomic E-state index is 0.408. The molecule has 15 heavy (non-hydrogen) atoms. The molecule has 0 fully saturated rings. The first-order chi connectivity index (χ1) is 7.08. The molecular formula is C8H7BrClN5. The van der Waals surface area contributed by atoms with Crippen LogP contribution >= 0.6 is 27.5 Å². The quantitative estimate of drug-likeness (QED) is 0.753. The zero-order valence-electron chi connectivity index (χ0n) is 8.07. The molecule has 0 N–H and O–H groups in total. The van der Waals surface area contributed by atoms with Crippen molar-refractivity contribution in [3.63, 3.8) is 0 Å². The number of halogens is 2. The standard InChI is InChI=1S/C8H7BrClN5/c1-4-11-5(3-6(10)12-4)7-8(9)13-14-15(7)2/h3H,1-2H3. The SMILES string of the molecule is Cc1nc(Cl)cc(-c2c(Br)nnn2C)n1. The molecule has 0 spiro atoms. The summed E-state index contributed by atoms with van der Waals surface area (Å²) in [4.78, 5) is 8.26. The van der Waals surface area contributed by atoms with Gasteiger partial charge in [0.2, 0.25) is 0 Å². The number of nitrogens with zero attached hydrogens (tertiary/aromatic N) is 5. The lowest BCUT2D eigenvalue weighted by Crippen LogP contribution is -1.98. The summed E-state index contributed by atoms with van der Waals surface area (Å²) in [5.41, 5.74) is 1.48. The number of rotatable bonds is 1. The Balaban J connectivity index is 2.63. The van der Waals surface area contributed by atoms with Crippen molar-refractivity contribution in [3.8, 4) is 11.4 Å². The van der Waals surface area contributed by atoms with Crippen LogP contribution in [0, 0.1) is 6.92 Å². The highest BCUT2D eigenvalue weighted by Crippen LogP contribution is 2.25. The van der Waals surface area contributed by atoms with Crippen molar-refractivity contribution in [1.82, 2.24) is 25.0 Å². The third-order valence-electron chi connectivity index (χ3n) is 1.84. The predicted molar refractivity (Wildman–Crippen MR) is 59.5 cm³/mol. The maximum Gasteiger partial charge on any atom is 0.157 e. The van der Waals surface area contributed by atoms with Crippen LogP contribution in [0.5, 0.6) is 0 Å². The van der Waals surface area contributed by atoms with E-state index in [9.17, 15) is 0 Å². The molecule has 0 aliphatic rings. The lowest BCUT2D eigenvalue weighted by atomic mass is 10.3. The smallest absolute Gasteiger partial charge is 0.157 e. The van der Waals surface area contributed by atoms with E-state index in [1.54, 1.807) is 24.7 Å². The van der Waals surface area contributed by atoms with Gasteiger partial charge in [-0.15, -0.1) is 5.10 Å². The molecule has 0 aliphatic carbocycles. The van der Waals surface area contributed by atoms with Crippen molar-refractivity contribution < 1.29 is 0 Å². The van der Waals surface area contributed by atoms with E-state index in [1.165, 1.54) is 0 Å². The molecule has 0 radical (unpaired) electrons. The summed E-state index contributed by atoms with van der Waals surface area (Å²) in [7, 11) is 1.79. The largest absolute Gasteiger partial charge is 0.245 e. The Bertz CT molecular complexity index is 470. The molecule has 2 aromatic heterocycles. The van der Waals surface area contributed by atoms with Crippen LogP contribution in [0.15, 0.2) is 10.7 Å². The van der Waals surface area contributed by atoms with E-state index in [0.717, 1.165) is 5.69 Å². The van der Waals surface area contributed by atoms with Gasteiger partial charge in [0.25, 0.3) is 0 Å². The van der Waals surface area contributed by atoms with Gasteiger partial charge in [0.05, 0.1) is 5.69 Å². The molecule has 0 bridgehead atoms.